The molecule has 0 radical (unpaired) electrons. The van der Waals surface area contributed by atoms with Crippen LogP contribution in [-0.4, -0.2) is 50.7 Å². The molecule has 1 aliphatic heterocycles. The van der Waals surface area contributed by atoms with Crippen molar-refractivity contribution in [2.75, 3.05) is 6.54 Å². The molecule has 3 heterocycles. The predicted octanol–water partition coefficient (Wildman–Crippen LogP) is 4.65. The van der Waals surface area contributed by atoms with Crippen molar-refractivity contribution < 1.29 is 19.2 Å². The van der Waals surface area contributed by atoms with Crippen molar-refractivity contribution >= 4 is 34.8 Å². The molecule has 0 bridgehead atoms. The lowest BCUT2D eigenvalue weighted by atomic mass is 9.91. The number of aliphatic hydroxyl groups excluding tert-OH is 1. The summed E-state index contributed by atoms with van der Waals surface area (Å²) in [6.45, 7) is 9.43. The molecule has 3 aromatic rings. The number of benzene rings is 1. The van der Waals surface area contributed by atoms with E-state index in [1.807, 2.05) is 57.5 Å². The molecule has 2 N–H and O–H groups in total. The molecule has 2 amide bonds. The van der Waals surface area contributed by atoms with Crippen LogP contribution in [0.1, 0.15) is 61.9 Å². The minimum absolute atomic E-state index is 0.0716. The maximum absolute atomic E-state index is 13.6. The second kappa shape index (κ2) is 10.7. The first-order valence-corrected chi connectivity index (χ1v) is 13.2. The normalized spacial score (nSPS) is 19.5. The highest BCUT2D eigenvalue weighted by Crippen LogP contribution is 2.36. The lowest BCUT2D eigenvalue weighted by Gasteiger charge is -2.29. The van der Waals surface area contributed by atoms with Crippen molar-refractivity contribution in [3.8, 4) is 10.4 Å². The molecular weight excluding hydrogens is 500 g/mol. The minimum atomic E-state index is -0.793. The van der Waals surface area contributed by atoms with E-state index in [0.717, 1.165) is 21.7 Å². The van der Waals surface area contributed by atoms with Crippen molar-refractivity contribution in [1.82, 2.24) is 20.4 Å². The fourth-order valence-corrected chi connectivity index (χ4v) is 5.65. The number of β-amino-alcohol motifs (C(OH)–C–C–N with tert-alkyl or cyclic N) is 1. The van der Waals surface area contributed by atoms with Gasteiger partial charge in [0.05, 0.1) is 33.9 Å². The lowest BCUT2D eigenvalue weighted by molar-refractivity contribution is -0.141. The Labute approximate surface area is 219 Å². The molecule has 192 valence electrons. The van der Waals surface area contributed by atoms with Crippen LogP contribution in [0.3, 0.4) is 0 Å². The Kier molecular flexibility index (Phi) is 7.82. The van der Waals surface area contributed by atoms with Gasteiger partial charge in [0.25, 0.3) is 0 Å². The first kappa shape index (κ1) is 26.3. The molecule has 1 aliphatic rings. The Bertz CT molecular complexity index is 1240. The monoisotopic (exact) mass is 530 g/mol. The van der Waals surface area contributed by atoms with Crippen LogP contribution in [0.25, 0.3) is 10.4 Å². The zero-order chi connectivity index (χ0) is 26.1. The summed E-state index contributed by atoms with van der Waals surface area (Å²) in [7, 11) is 0. The van der Waals surface area contributed by atoms with Crippen molar-refractivity contribution in [3.05, 3.63) is 57.5 Å². The fourth-order valence-electron chi connectivity index (χ4n) is 4.65. The van der Waals surface area contributed by atoms with Crippen molar-refractivity contribution in [1.29, 1.82) is 0 Å². The number of aromatic nitrogens is 2. The summed E-state index contributed by atoms with van der Waals surface area (Å²) >= 11 is 7.95. The molecule has 36 heavy (non-hydrogen) atoms. The summed E-state index contributed by atoms with van der Waals surface area (Å²) in [5.74, 6) is -1.18. The average Bonchev–Trinajstić information content (AvgIpc) is 3.53. The van der Waals surface area contributed by atoms with Gasteiger partial charge in [-0.2, -0.15) is 0 Å². The van der Waals surface area contributed by atoms with E-state index in [1.54, 1.807) is 18.3 Å². The molecule has 4 rings (SSSR count). The molecule has 0 saturated carbocycles. The molecule has 1 fully saturated rings. The summed E-state index contributed by atoms with van der Waals surface area (Å²) in [5, 5.41) is 17.6. The Hall–Kier alpha value is -2.75. The first-order chi connectivity index (χ1) is 17.1. The average molecular weight is 531 g/mol. The summed E-state index contributed by atoms with van der Waals surface area (Å²) < 4.78 is 5.39. The number of carbonyl (C=O) groups excluding carboxylic acids is 2. The van der Waals surface area contributed by atoms with E-state index in [-0.39, 0.29) is 36.7 Å². The van der Waals surface area contributed by atoms with Crippen LogP contribution in [0.15, 0.2) is 34.3 Å². The number of aryl methyl sites for hydroxylation is 2. The Morgan fingerprint density at radius 3 is 2.44 bits per heavy atom. The van der Waals surface area contributed by atoms with Gasteiger partial charge < -0.3 is 19.8 Å². The predicted molar refractivity (Wildman–Crippen MR) is 139 cm³/mol. The highest BCUT2D eigenvalue weighted by Gasteiger charge is 2.44. The van der Waals surface area contributed by atoms with Crippen LogP contribution < -0.4 is 5.32 Å². The quantitative estimate of drug-likeness (QED) is 0.460. The third-order valence-corrected chi connectivity index (χ3v) is 8.11. The number of thiazole rings is 1. The number of carbonyl (C=O) groups is 2. The van der Waals surface area contributed by atoms with Gasteiger partial charge >= 0.3 is 0 Å². The topological polar surface area (TPSA) is 109 Å². The molecule has 1 aromatic carbocycles. The maximum Gasteiger partial charge on any atom is 0.243 e. The van der Waals surface area contributed by atoms with Crippen LogP contribution in [0.5, 0.6) is 0 Å². The highest BCUT2D eigenvalue weighted by atomic mass is 35.5. The van der Waals surface area contributed by atoms with Gasteiger partial charge in [-0.05, 0) is 37.8 Å². The van der Waals surface area contributed by atoms with E-state index in [2.05, 4.69) is 15.5 Å². The smallest absolute Gasteiger partial charge is 0.243 e. The van der Waals surface area contributed by atoms with E-state index < -0.39 is 18.1 Å². The van der Waals surface area contributed by atoms with E-state index in [4.69, 9.17) is 16.1 Å². The number of hydrogen-bond donors (Lipinski definition) is 2. The van der Waals surface area contributed by atoms with Gasteiger partial charge in [0.2, 0.25) is 11.8 Å². The second-order valence-electron chi connectivity index (χ2n) is 9.68. The number of aliphatic hydroxyl groups is 1. The number of halogens is 1. The zero-order valence-corrected chi connectivity index (χ0v) is 22.6. The van der Waals surface area contributed by atoms with Gasteiger partial charge in [0, 0.05) is 13.0 Å². The first-order valence-electron chi connectivity index (χ1n) is 12.0. The largest absolute Gasteiger partial charge is 0.391 e. The van der Waals surface area contributed by atoms with Gasteiger partial charge in [-0.25, -0.2) is 4.98 Å². The molecule has 0 spiro atoms. The van der Waals surface area contributed by atoms with Crippen LogP contribution in [-0.2, 0) is 9.59 Å². The van der Waals surface area contributed by atoms with Gasteiger partial charge in [0.15, 0.2) is 5.76 Å². The van der Waals surface area contributed by atoms with E-state index in [1.165, 1.54) is 4.90 Å². The third kappa shape index (κ3) is 5.19. The molecule has 1 saturated heterocycles. The second-order valence-corrected chi connectivity index (χ2v) is 10.9. The van der Waals surface area contributed by atoms with Crippen LogP contribution >= 0.6 is 22.9 Å². The van der Waals surface area contributed by atoms with E-state index in [0.29, 0.717) is 16.5 Å². The fraction of sp³-hybridized carbons (Fsp3) is 0.462. The molecule has 0 aliphatic carbocycles. The van der Waals surface area contributed by atoms with E-state index >= 15 is 0 Å². The minimum Gasteiger partial charge on any atom is -0.391 e. The Morgan fingerprint density at radius 1 is 1.19 bits per heavy atom. The summed E-state index contributed by atoms with van der Waals surface area (Å²) in [5.41, 5.74) is 5.33. The van der Waals surface area contributed by atoms with Crippen LogP contribution in [0.2, 0.25) is 5.02 Å². The Morgan fingerprint density at radius 2 is 1.89 bits per heavy atom. The number of amides is 2. The van der Waals surface area contributed by atoms with Crippen LogP contribution in [0, 0.1) is 19.8 Å². The van der Waals surface area contributed by atoms with Gasteiger partial charge in [-0.3, -0.25) is 9.59 Å². The van der Waals surface area contributed by atoms with Crippen LogP contribution in [0.4, 0.5) is 0 Å². The molecular formula is C26H31ClN4O4S. The van der Waals surface area contributed by atoms with Crippen molar-refractivity contribution in [2.45, 2.75) is 65.1 Å². The Balaban J connectivity index is 1.49. The maximum atomic E-state index is 13.6. The molecule has 10 heteroatoms. The van der Waals surface area contributed by atoms with Crippen molar-refractivity contribution in [3.63, 3.8) is 0 Å². The lowest BCUT2D eigenvalue weighted by Crippen LogP contribution is -2.48. The summed E-state index contributed by atoms with van der Waals surface area (Å²) in [6.07, 6.45) is -0.622. The van der Waals surface area contributed by atoms with E-state index in [9.17, 15) is 14.7 Å². The molecule has 8 nitrogen and oxygen atoms in total. The highest BCUT2D eigenvalue weighted by molar-refractivity contribution is 7.13. The SMILES string of the molecule is Cc1ncsc1-c1ccc([C@H](C)NC(=O)[C@@H]2C[C@@H](O)CN2C(=O)[C@H](c2onc(C)c2Cl)C(C)C)cc1. The number of rotatable bonds is 7. The van der Waals surface area contributed by atoms with Gasteiger partial charge in [-0.15, -0.1) is 11.3 Å². The molecule has 0 unspecified atom stereocenters. The number of likely N-dealkylation sites (tertiary alicyclic amines) is 1. The molecule has 4 atom stereocenters. The molecule has 2 aromatic heterocycles. The number of hydrogen-bond acceptors (Lipinski definition) is 7. The number of nitrogens with one attached hydrogen (secondary N) is 1. The van der Waals surface area contributed by atoms with Gasteiger partial charge in [-0.1, -0.05) is 54.9 Å². The zero-order valence-electron chi connectivity index (χ0n) is 21.0. The van der Waals surface area contributed by atoms with Crippen molar-refractivity contribution in [2.24, 2.45) is 5.92 Å². The number of nitrogens with zero attached hydrogens (tertiary/aromatic N) is 3. The summed E-state index contributed by atoms with van der Waals surface area (Å²) in [6, 6.07) is 6.92. The third-order valence-electron chi connectivity index (χ3n) is 6.67. The summed E-state index contributed by atoms with van der Waals surface area (Å²) in [4.78, 5) is 33.8. The van der Waals surface area contributed by atoms with Gasteiger partial charge in [0.1, 0.15) is 17.0 Å². The standard InChI is InChI=1S/C26H31ClN4O4S/c1-13(2)21(23-22(27)15(4)30-35-23)26(34)31-11-19(32)10-20(31)25(33)29-14(3)17-6-8-18(9-7-17)24-16(5)28-12-36-24/h6-9,12-14,19-21,32H,10-11H2,1-5H3,(H,29,33)/t14-,19+,20-,21-/m0/s1.